The zero-order chi connectivity index (χ0) is 13.3. The van der Waals surface area contributed by atoms with Gasteiger partial charge in [0.1, 0.15) is 5.82 Å². The second-order valence-electron chi connectivity index (χ2n) is 4.35. The molecule has 1 heterocycles. The van der Waals surface area contributed by atoms with Crippen LogP contribution >= 0.6 is 0 Å². The van der Waals surface area contributed by atoms with Crippen LogP contribution in [0.5, 0.6) is 0 Å². The van der Waals surface area contributed by atoms with Crippen LogP contribution in [0.1, 0.15) is 27.0 Å². The molecule has 0 amide bonds. The number of benzene rings is 1. The SMILES string of the molecule is Cc1cnc(N)c(C(=O)c2ccc(C)c(N)c2)c1. The first kappa shape index (κ1) is 12.1. The summed E-state index contributed by atoms with van der Waals surface area (Å²) in [6.07, 6.45) is 1.63. The molecule has 4 nitrogen and oxygen atoms in total. The Labute approximate surface area is 106 Å². The van der Waals surface area contributed by atoms with Gasteiger partial charge in [0.2, 0.25) is 0 Å². The number of hydrogen-bond donors (Lipinski definition) is 2. The molecule has 4 N–H and O–H groups in total. The maximum absolute atomic E-state index is 12.3. The Morgan fingerprint density at radius 3 is 2.56 bits per heavy atom. The van der Waals surface area contributed by atoms with Gasteiger partial charge in [-0.05, 0) is 37.1 Å². The van der Waals surface area contributed by atoms with Crippen molar-refractivity contribution in [1.29, 1.82) is 0 Å². The Morgan fingerprint density at radius 2 is 1.89 bits per heavy atom. The van der Waals surface area contributed by atoms with Crippen molar-refractivity contribution in [3.8, 4) is 0 Å². The molecule has 0 aliphatic carbocycles. The first-order valence-electron chi connectivity index (χ1n) is 5.62. The first-order valence-corrected chi connectivity index (χ1v) is 5.62. The molecule has 4 heteroatoms. The van der Waals surface area contributed by atoms with Crippen LogP contribution in [0.2, 0.25) is 0 Å². The minimum atomic E-state index is -0.157. The molecular formula is C14H15N3O. The van der Waals surface area contributed by atoms with Gasteiger partial charge in [-0.2, -0.15) is 0 Å². The number of carbonyl (C=O) groups is 1. The molecule has 0 radical (unpaired) electrons. The highest BCUT2D eigenvalue weighted by atomic mass is 16.1. The third-order valence-corrected chi connectivity index (χ3v) is 2.84. The molecule has 92 valence electrons. The molecule has 0 atom stereocenters. The van der Waals surface area contributed by atoms with E-state index in [2.05, 4.69) is 4.98 Å². The number of pyridine rings is 1. The zero-order valence-corrected chi connectivity index (χ0v) is 10.4. The van der Waals surface area contributed by atoms with Gasteiger partial charge in [0.25, 0.3) is 0 Å². The largest absolute Gasteiger partial charge is 0.398 e. The molecule has 0 aliphatic heterocycles. The third-order valence-electron chi connectivity index (χ3n) is 2.84. The lowest BCUT2D eigenvalue weighted by Gasteiger charge is -2.07. The van der Waals surface area contributed by atoms with Crippen LogP contribution in [0.25, 0.3) is 0 Å². The first-order chi connectivity index (χ1) is 8.49. The summed E-state index contributed by atoms with van der Waals surface area (Å²) in [6, 6.07) is 6.97. The fourth-order valence-corrected chi connectivity index (χ4v) is 1.70. The zero-order valence-electron chi connectivity index (χ0n) is 10.4. The summed E-state index contributed by atoms with van der Waals surface area (Å²) < 4.78 is 0. The topological polar surface area (TPSA) is 82.0 Å². The summed E-state index contributed by atoms with van der Waals surface area (Å²) in [7, 11) is 0. The molecule has 0 unspecified atom stereocenters. The van der Waals surface area contributed by atoms with Crippen molar-refractivity contribution in [1.82, 2.24) is 4.98 Å². The minimum absolute atomic E-state index is 0.157. The maximum Gasteiger partial charge on any atom is 0.196 e. The highest BCUT2D eigenvalue weighted by Gasteiger charge is 2.14. The highest BCUT2D eigenvalue weighted by Crippen LogP contribution is 2.19. The second kappa shape index (κ2) is 4.49. The van der Waals surface area contributed by atoms with Gasteiger partial charge in [-0.1, -0.05) is 12.1 Å². The quantitative estimate of drug-likeness (QED) is 0.623. The summed E-state index contributed by atoms with van der Waals surface area (Å²) in [5.74, 6) is 0.0835. The van der Waals surface area contributed by atoms with Crippen LogP contribution in [-0.2, 0) is 0 Å². The minimum Gasteiger partial charge on any atom is -0.398 e. The normalized spacial score (nSPS) is 10.3. The van der Waals surface area contributed by atoms with Gasteiger partial charge in [0, 0.05) is 17.4 Å². The summed E-state index contributed by atoms with van der Waals surface area (Å²) in [5, 5.41) is 0. The number of ketones is 1. The van der Waals surface area contributed by atoms with E-state index in [1.807, 2.05) is 19.9 Å². The van der Waals surface area contributed by atoms with Gasteiger partial charge in [-0.25, -0.2) is 4.98 Å². The van der Waals surface area contributed by atoms with Crippen molar-refractivity contribution in [2.75, 3.05) is 11.5 Å². The lowest BCUT2D eigenvalue weighted by molar-refractivity contribution is 0.103. The fourth-order valence-electron chi connectivity index (χ4n) is 1.70. The molecule has 2 aromatic rings. The molecular weight excluding hydrogens is 226 g/mol. The molecule has 0 bridgehead atoms. The molecule has 1 aromatic heterocycles. The molecule has 0 spiro atoms. The average Bonchev–Trinajstić information content (AvgIpc) is 2.35. The van der Waals surface area contributed by atoms with Crippen LogP contribution in [0, 0.1) is 13.8 Å². The number of nitrogens with two attached hydrogens (primary N) is 2. The van der Waals surface area contributed by atoms with Gasteiger partial charge in [0.15, 0.2) is 5.78 Å². The predicted octanol–water partition coefficient (Wildman–Crippen LogP) is 2.09. The number of aryl methyl sites for hydroxylation is 2. The van der Waals surface area contributed by atoms with Gasteiger partial charge in [-0.15, -0.1) is 0 Å². The van der Waals surface area contributed by atoms with Crippen molar-refractivity contribution in [2.24, 2.45) is 0 Å². The monoisotopic (exact) mass is 241 g/mol. The molecule has 18 heavy (non-hydrogen) atoms. The Bertz CT molecular complexity index is 620. The van der Waals surface area contributed by atoms with Crippen LogP contribution in [0.4, 0.5) is 11.5 Å². The Hall–Kier alpha value is -2.36. The summed E-state index contributed by atoms with van der Waals surface area (Å²) in [6.45, 7) is 3.76. The number of rotatable bonds is 2. The van der Waals surface area contributed by atoms with Crippen LogP contribution in [0.15, 0.2) is 30.5 Å². The van der Waals surface area contributed by atoms with Crippen LogP contribution in [-0.4, -0.2) is 10.8 Å². The standard InChI is InChI=1S/C14H15N3O/c1-8-5-11(14(16)17-7-8)13(18)10-4-3-9(2)12(15)6-10/h3-7H,15H2,1-2H3,(H2,16,17). The van der Waals surface area contributed by atoms with E-state index in [4.69, 9.17) is 11.5 Å². The van der Waals surface area contributed by atoms with Crippen LogP contribution < -0.4 is 11.5 Å². The Balaban J connectivity index is 2.47. The Morgan fingerprint density at radius 1 is 1.17 bits per heavy atom. The van der Waals surface area contributed by atoms with E-state index in [9.17, 15) is 4.79 Å². The Kier molecular flexibility index (Phi) is 3.02. The van der Waals surface area contributed by atoms with E-state index < -0.39 is 0 Å². The van der Waals surface area contributed by atoms with Crippen LogP contribution in [0.3, 0.4) is 0 Å². The van der Waals surface area contributed by atoms with Gasteiger partial charge in [-0.3, -0.25) is 4.79 Å². The van der Waals surface area contributed by atoms with Gasteiger partial charge in [0.05, 0.1) is 5.56 Å². The summed E-state index contributed by atoms with van der Waals surface area (Å²) in [5.41, 5.74) is 14.9. The van der Waals surface area contributed by atoms with E-state index >= 15 is 0 Å². The van der Waals surface area contributed by atoms with Crippen molar-refractivity contribution >= 4 is 17.3 Å². The van der Waals surface area contributed by atoms with E-state index in [1.165, 1.54) is 0 Å². The number of hydrogen-bond acceptors (Lipinski definition) is 4. The van der Waals surface area contributed by atoms with Gasteiger partial charge >= 0.3 is 0 Å². The number of carbonyl (C=O) groups excluding carboxylic acids is 1. The summed E-state index contributed by atoms with van der Waals surface area (Å²) >= 11 is 0. The van der Waals surface area contributed by atoms with Gasteiger partial charge < -0.3 is 11.5 Å². The number of anilines is 2. The molecule has 0 saturated heterocycles. The number of aromatic nitrogens is 1. The molecule has 0 fully saturated rings. The molecule has 0 saturated carbocycles. The smallest absolute Gasteiger partial charge is 0.196 e. The third kappa shape index (κ3) is 2.18. The van der Waals surface area contributed by atoms with Crippen molar-refractivity contribution in [3.05, 3.63) is 52.7 Å². The maximum atomic E-state index is 12.3. The number of nitrogen functional groups attached to an aromatic ring is 2. The van der Waals surface area contributed by atoms with E-state index in [-0.39, 0.29) is 11.6 Å². The van der Waals surface area contributed by atoms with Crippen molar-refractivity contribution in [3.63, 3.8) is 0 Å². The summed E-state index contributed by atoms with van der Waals surface area (Å²) in [4.78, 5) is 16.3. The lowest BCUT2D eigenvalue weighted by Crippen LogP contribution is -2.08. The van der Waals surface area contributed by atoms with E-state index in [0.29, 0.717) is 16.8 Å². The van der Waals surface area contributed by atoms with Crippen molar-refractivity contribution < 1.29 is 4.79 Å². The lowest BCUT2D eigenvalue weighted by atomic mass is 10.0. The molecule has 2 rings (SSSR count). The van der Waals surface area contributed by atoms with E-state index in [1.54, 1.807) is 24.4 Å². The van der Waals surface area contributed by atoms with Crippen molar-refractivity contribution in [2.45, 2.75) is 13.8 Å². The number of nitrogens with zero attached hydrogens (tertiary/aromatic N) is 1. The average molecular weight is 241 g/mol. The second-order valence-corrected chi connectivity index (χ2v) is 4.35. The fraction of sp³-hybridized carbons (Fsp3) is 0.143. The molecule has 0 aliphatic rings. The predicted molar refractivity (Wildman–Crippen MR) is 72.4 cm³/mol. The van der Waals surface area contributed by atoms with E-state index in [0.717, 1.165) is 11.1 Å². The highest BCUT2D eigenvalue weighted by molar-refractivity contribution is 6.12. The molecule has 1 aromatic carbocycles.